The van der Waals surface area contributed by atoms with Gasteiger partial charge in [-0.2, -0.15) is 0 Å². The molecule has 0 saturated carbocycles. The number of nitrogens with zero attached hydrogens (tertiary/aromatic N) is 2. The first-order valence-electron chi connectivity index (χ1n) is 4.89. The molecule has 2 rings (SSSR count). The largest absolute Gasteiger partial charge is 0.507 e. The van der Waals surface area contributed by atoms with E-state index in [0.717, 1.165) is 5.39 Å². The van der Waals surface area contributed by atoms with Gasteiger partial charge in [-0.25, -0.2) is 0 Å². The SMILES string of the molecule is CN(C)C(=O)c1cc2ncccc2cc1O. The van der Waals surface area contributed by atoms with Gasteiger partial charge in [0.2, 0.25) is 0 Å². The van der Waals surface area contributed by atoms with E-state index in [2.05, 4.69) is 4.98 Å². The standard InChI is InChI=1S/C12H12N2O2/c1-14(2)12(16)9-7-10-8(6-11(9)15)4-3-5-13-10/h3-7,15H,1-2H3. The van der Waals surface area contributed by atoms with Crippen molar-refractivity contribution in [2.24, 2.45) is 0 Å². The fourth-order valence-electron chi connectivity index (χ4n) is 1.52. The average Bonchev–Trinajstić information content (AvgIpc) is 2.27. The number of aromatic hydroxyl groups is 1. The van der Waals surface area contributed by atoms with Crippen molar-refractivity contribution < 1.29 is 9.90 Å². The highest BCUT2D eigenvalue weighted by atomic mass is 16.3. The predicted molar refractivity (Wildman–Crippen MR) is 61.4 cm³/mol. The minimum Gasteiger partial charge on any atom is -0.507 e. The van der Waals surface area contributed by atoms with E-state index in [1.165, 1.54) is 4.90 Å². The topological polar surface area (TPSA) is 53.4 Å². The molecule has 0 aliphatic rings. The van der Waals surface area contributed by atoms with E-state index in [4.69, 9.17) is 0 Å². The van der Waals surface area contributed by atoms with Gasteiger partial charge in [0.05, 0.1) is 11.1 Å². The smallest absolute Gasteiger partial charge is 0.257 e. The third-order valence-electron chi connectivity index (χ3n) is 2.36. The molecule has 0 aliphatic carbocycles. The first-order valence-corrected chi connectivity index (χ1v) is 4.89. The van der Waals surface area contributed by atoms with E-state index in [1.54, 1.807) is 38.5 Å². The summed E-state index contributed by atoms with van der Waals surface area (Å²) in [5.41, 5.74) is 0.974. The van der Waals surface area contributed by atoms with Crippen LogP contribution in [-0.4, -0.2) is 35.0 Å². The van der Waals surface area contributed by atoms with Gasteiger partial charge in [0.15, 0.2) is 0 Å². The van der Waals surface area contributed by atoms with E-state index in [0.29, 0.717) is 5.52 Å². The highest BCUT2D eigenvalue weighted by Gasteiger charge is 2.14. The zero-order valence-corrected chi connectivity index (χ0v) is 9.14. The quantitative estimate of drug-likeness (QED) is 0.788. The lowest BCUT2D eigenvalue weighted by atomic mass is 10.1. The Bertz CT molecular complexity index is 550. The van der Waals surface area contributed by atoms with Crippen molar-refractivity contribution in [3.63, 3.8) is 0 Å². The fourth-order valence-corrected chi connectivity index (χ4v) is 1.52. The maximum atomic E-state index is 11.7. The Kier molecular flexibility index (Phi) is 2.48. The maximum absolute atomic E-state index is 11.7. The molecule has 0 fully saturated rings. The summed E-state index contributed by atoms with van der Waals surface area (Å²) >= 11 is 0. The van der Waals surface area contributed by atoms with Crippen LogP contribution in [0.1, 0.15) is 10.4 Å². The summed E-state index contributed by atoms with van der Waals surface area (Å²) < 4.78 is 0. The number of benzene rings is 1. The Labute approximate surface area is 93.1 Å². The second-order valence-electron chi connectivity index (χ2n) is 3.77. The van der Waals surface area contributed by atoms with Gasteiger partial charge in [0, 0.05) is 25.7 Å². The van der Waals surface area contributed by atoms with Crippen molar-refractivity contribution in [1.29, 1.82) is 0 Å². The summed E-state index contributed by atoms with van der Waals surface area (Å²) in [5.74, 6) is -0.246. The van der Waals surface area contributed by atoms with E-state index >= 15 is 0 Å². The highest BCUT2D eigenvalue weighted by Crippen LogP contribution is 2.24. The van der Waals surface area contributed by atoms with Gasteiger partial charge in [0.25, 0.3) is 5.91 Å². The molecule has 16 heavy (non-hydrogen) atoms. The molecule has 4 nitrogen and oxygen atoms in total. The van der Waals surface area contributed by atoms with Crippen molar-refractivity contribution in [3.8, 4) is 5.75 Å². The lowest BCUT2D eigenvalue weighted by Gasteiger charge is -2.11. The van der Waals surface area contributed by atoms with Gasteiger partial charge >= 0.3 is 0 Å². The van der Waals surface area contributed by atoms with Crippen molar-refractivity contribution in [2.75, 3.05) is 14.1 Å². The average molecular weight is 216 g/mol. The monoisotopic (exact) mass is 216 g/mol. The molecule has 2 aromatic rings. The fraction of sp³-hybridized carbons (Fsp3) is 0.167. The third kappa shape index (κ3) is 1.69. The normalized spacial score (nSPS) is 10.4. The van der Waals surface area contributed by atoms with Gasteiger partial charge in [-0.1, -0.05) is 6.07 Å². The van der Waals surface area contributed by atoms with E-state index < -0.39 is 0 Å². The van der Waals surface area contributed by atoms with Crippen LogP contribution in [0, 0.1) is 0 Å². The summed E-state index contributed by atoms with van der Waals surface area (Å²) in [4.78, 5) is 17.3. The number of aromatic nitrogens is 1. The maximum Gasteiger partial charge on any atom is 0.257 e. The third-order valence-corrected chi connectivity index (χ3v) is 2.36. The number of phenolic OH excluding ortho intramolecular Hbond substituents is 1. The summed E-state index contributed by atoms with van der Waals surface area (Å²) in [6.45, 7) is 0. The summed E-state index contributed by atoms with van der Waals surface area (Å²) in [5, 5.41) is 10.6. The molecule has 1 N–H and O–H groups in total. The number of hydrogen-bond donors (Lipinski definition) is 1. The summed E-state index contributed by atoms with van der Waals surface area (Å²) in [6, 6.07) is 6.78. The highest BCUT2D eigenvalue weighted by molar-refractivity contribution is 6.00. The van der Waals surface area contributed by atoms with Crippen LogP contribution in [0.5, 0.6) is 5.75 Å². The van der Waals surface area contributed by atoms with Gasteiger partial charge < -0.3 is 10.0 Å². The predicted octanol–water partition coefficient (Wildman–Crippen LogP) is 1.64. The Morgan fingerprint density at radius 1 is 1.38 bits per heavy atom. The zero-order chi connectivity index (χ0) is 11.7. The van der Waals surface area contributed by atoms with Crippen LogP contribution in [0.2, 0.25) is 0 Å². The van der Waals surface area contributed by atoms with Crippen molar-refractivity contribution in [1.82, 2.24) is 9.88 Å². The number of pyridine rings is 1. The molecule has 1 amide bonds. The number of hydrogen-bond acceptors (Lipinski definition) is 3. The molecule has 82 valence electrons. The number of rotatable bonds is 1. The molecule has 1 heterocycles. The second-order valence-corrected chi connectivity index (χ2v) is 3.77. The van der Waals surface area contributed by atoms with E-state index in [1.807, 2.05) is 6.07 Å². The molecule has 0 unspecified atom stereocenters. The molecular weight excluding hydrogens is 204 g/mol. The molecular formula is C12H12N2O2. The summed E-state index contributed by atoms with van der Waals surface area (Å²) in [7, 11) is 3.29. The van der Waals surface area contributed by atoms with Gasteiger partial charge in [0.1, 0.15) is 5.75 Å². The van der Waals surface area contributed by atoms with E-state index in [-0.39, 0.29) is 17.2 Å². The molecule has 1 aromatic carbocycles. The van der Waals surface area contributed by atoms with Crippen LogP contribution in [0.15, 0.2) is 30.5 Å². The second kappa shape index (κ2) is 3.81. The molecule has 0 saturated heterocycles. The Morgan fingerprint density at radius 3 is 2.81 bits per heavy atom. The van der Waals surface area contributed by atoms with Gasteiger partial charge in [-0.05, 0) is 18.2 Å². The van der Waals surface area contributed by atoms with Crippen molar-refractivity contribution in [2.45, 2.75) is 0 Å². The molecule has 0 aliphatic heterocycles. The number of carbonyl (C=O) groups excluding carboxylic acids is 1. The van der Waals surface area contributed by atoms with Crippen LogP contribution in [-0.2, 0) is 0 Å². The van der Waals surface area contributed by atoms with Crippen LogP contribution in [0.25, 0.3) is 10.9 Å². The van der Waals surface area contributed by atoms with Crippen LogP contribution < -0.4 is 0 Å². The molecule has 0 atom stereocenters. The first-order chi connectivity index (χ1) is 7.59. The Balaban J connectivity index is 2.63. The van der Waals surface area contributed by atoms with Crippen molar-refractivity contribution in [3.05, 3.63) is 36.0 Å². The van der Waals surface area contributed by atoms with Crippen LogP contribution in [0.3, 0.4) is 0 Å². The molecule has 0 radical (unpaired) electrons. The minimum absolute atomic E-state index is 0.0146. The number of fused-ring (bicyclic) bond motifs is 1. The molecule has 0 bridgehead atoms. The lowest BCUT2D eigenvalue weighted by molar-refractivity contribution is 0.0825. The van der Waals surface area contributed by atoms with Crippen LogP contribution >= 0.6 is 0 Å². The van der Waals surface area contributed by atoms with Gasteiger partial charge in [-0.3, -0.25) is 9.78 Å². The Hall–Kier alpha value is -2.10. The molecule has 0 spiro atoms. The zero-order valence-electron chi connectivity index (χ0n) is 9.14. The number of carbonyl (C=O) groups is 1. The lowest BCUT2D eigenvalue weighted by Crippen LogP contribution is -2.21. The summed E-state index contributed by atoms with van der Waals surface area (Å²) in [6.07, 6.45) is 1.66. The number of amides is 1. The Morgan fingerprint density at radius 2 is 2.12 bits per heavy atom. The van der Waals surface area contributed by atoms with Crippen molar-refractivity contribution >= 4 is 16.8 Å². The minimum atomic E-state index is -0.231. The molecule has 4 heteroatoms. The molecule has 1 aromatic heterocycles. The number of phenols is 1. The van der Waals surface area contributed by atoms with Crippen LogP contribution in [0.4, 0.5) is 0 Å². The van der Waals surface area contributed by atoms with E-state index in [9.17, 15) is 9.90 Å². The van der Waals surface area contributed by atoms with Gasteiger partial charge in [-0.15, -0.1) is 0 Å². The first kappa shape index (κ1) is 10.4.